The van der Waals surface area contributed by atoms with E-state index >= 15 is 0 Å². The number of hydrogen-bond donors (Lipinski definition) is 1. The third-order valence-corrected chi connectivity index (χ3v) is 4.47. The van der Waals surface area contributed by atoms with Gasteiger partial charge in [-0.05, 0) is 24.1 Å². The Bertz CT molecular complexity index is 462. The molecule has 2 N–H and O–H groups in total. The minimum Gasteiger partial charge on any atom is -0.398 e. The minimum absolute atomic E-state index is 0.910. The van der Waals surface area contributed by atoms with E-state index in [4.69, 9.17) is 5.73 Å². The number of benzene rings is 1. The van der Waals surface area contributed by atoms with Crippen LogP contribution < -0.4 is 5.73 Å². The van der Waals surface area contributed by atoms with Crippen LogP contribution in [0.15, 0.2) is 18.2 Å². The fraction of sp³-hybridized carbons (Fsp3) is 0.273. The Morgan fingerprint density at radius 2 is 2.21 bits per heavy atom. The van der Waals surface area contributed by atoms with Crippen LogP contribution in [-0.4, -0.2) is 0 Å². The number of fused-ring (bicyclic) bond motifs is 1. The first-order chi connectivity index (χ1) is 6.76. The van der Waals surface area contributed by atoms with E-state index in [2.05, 4.69) is 41.1 Å². The van der Waals surface area contributed by atoms with Crippen molar-refractivity contribution in [1.29, 1.82) is 0 Å². The summed E-state index contributed by atoms with van der Waals surface area (Å²) in [4.78, 5) is 1.33. The van der Waals surface area contributed by atoms with Crippen LogP contribution in [0.3, 0.4) is 0 Å². The van der Waals surface area contributed by atoms with Gasteiger partial charge in [0.05, 0.1) is 0 Å². The number of hydrogen-bond acceptors (Lipinski definition) is 2. The third kappa shape index (κ3) is 1.55. The van der Waals surface area contributed by atoms with Gasteiger partial charge in [0.2, 0.25) is 0 Å². The Hall–Kier alpha value is -0.540. The second kappa shape index (κ2) is 3.91. The van der Waals surface area contributed by atoms with Crippen LogP contribution >= 0.6 is 27.3 Å². The number of nitrogen functional groups attached to an aromatic ring is 1. The van der Waals surface area contributed by atoms with Crippen LogP contribution in [0.25, 0.3) is 10.1 Å². The molecule has 0 fully saturated rings. The van der Waals surface area contributed by atoms with Crippen molar-refractivity contribution in [3.63, 3.8) is 0 Å². The van der Waals surface area contributed by atoms with Gasteiger partial charge in [-0.1, -0.05) is 28.9 Å². The highest BCUT2D eigenvalue weighted by molar-refractivity contribution is 9.08. The molecular weight excluding hydrogens is 258 g/mol. The average Bonchev–Trinajstić information content (AvgIpc) is 2.62. The molecule has 0 aliphatic heterocycles. The van der Waals surface area contributed by atoms with E-state index in [9.17, 15) is 0 Å². The van der Waals surface area contributed by atoms with Crippen LogP contribution in [-0.2, 0) is 11.8 Å². The lowest BCUT2D eigenvalue weighted by atomic mass is 10.1. The SMILES string of the molecule is CCc1ccc2sc(CBr)cc2c1N. The van der Waals surface area contributed by atoms with Gasteiger partial charge in [0.15, 0.2) is 0 Å². The number of alkyl halides is 1. The van der Waals surface area contributed by atoms with Gasteiger partial charge in [-0.2, -0.15) is 0 Å². The van der Waals surface area contributed by atoms with Crippen LogP contribution in [0, 0.1) is 0 Å². The number of halogens is 1. The summed E-state index contributed by atoms with van der Waals surface area (Å²) in [6.45, 7) is 2.13. The Labute approximate surface area is 96.1 Å². The maximum atomic E-state index is 6.09. The van der Waals surface area contributed by atoms with Gasteiger partial charge < -0.3 is 5.73 Å². The molecule has 0 radical (unpaired) electrons. The van der Waals surface area contributed by atoms with Crippen molar-refractivity contribution in [2.45, 2.75) is 18.7 Å². The molecule has 1 aromatic carbocycles. The van der Waals surface area contributed by atoms with Crippen LogP contribution in [0.4, 0.5) is 5.69 Å². The first kappa shape index (κ1) is 9.99. The quantitative estimate of drug-likeness (QED) is 0.649. The summed E-state index contributed by atoms with van der Waals surface area (Å²) < 4.78 is 1.29. The number of thiophene rings is 1. The molecule has 1 nitrogen and oxygen atoms in total. The molecule has 2 rings (SSSR count). The fourth-order valence-electron chi connectivity index (χ4n) is 1.61. The summed E-state index contributed by atoms with van der Waals surface area (Å²) in [5.74, 6) is 0. The molecule has 0 saturated heterocycles. The highest BCUT2D eigenvalue weighted by Crippen LogP contribution is 2.33. The predicted molar refractivity (Wildman–Crippen MR) is 68.2 cm³/mol. The van der Waals surface area contributed by atoms with Crippen molar-refractivity contribution in [1.82, 2.24) is 0 Å². The lowest BCUT2D eigenvalue weighted by Gasteiger charge is -2.02. The molecule has 1 aromatic heterocycles. The van der Waals surface area contributed by atoms with Gasteiger partial charge in [0.1, 0.15) is 0 Å². The van der Waals surface area contributed by atoms with Crippen molar-refractivity contribution in [2.24, 2.45) is 0 Å². The van der Waals surface area contributed by atoms with Crippen molar-refractivity contribution < 1.29 is 0 Å². The monoisotopic (exact) mass is 269 g/mol. The molecule has 2 aromatic rings. The van der Waals surface area contributed by atoms with Gasteiger partial charge in [0.25, 0.3) is 0 Å². The van der Waals surface area contributed by atoms with E-state index in [-0.39, 0.29) is 0 Å². The Balaban J connectivity index is 2.68. The summed E-state index contributed by atoms with van der Waals surface area (Å²) >= 11 is 5.27. The van der Waals surface area contributed by atoms with E-state index in [0.29, 0.717) is 0 Å². The Kier molecular flexibility index (Phi) is 2.79. The van der Waals surface area contributed by atoms with Crippen LogP contribution in [0.2, 0.25) is 0 Å². The molecular formula is C11H12BrNS. The number of rotatable bonds is 2. The fourth-order valence-corrected chi connectivity index (χ4v) is 3.04. The molecule has 74 valence electrons. The normalized spacial score (nSPS) is 11.0. The van der Waals surface area contributed by atoms with Gasteiger partial charge in [-0.25, -0.2) is 0 Å². The molecule has 0 atom stereocenters. The lowest BCUT2D eigenvalue weighted by Crippen LogP contribution is -1.92. The van der Waals surface area contributed by atoms with Gasteiger partial charge in [-0.15, -0.1) is 11.3 Å². The summed E-state index contributed by atoms with van der Waals surface area (Å²) in [7, 11) is 0. The third-order valence-electron chi connectivity index (χ3n) is 2.40. The van der Waals surface area contributed by atoms with E-state index in [1.54, 1.807) is 11.3 Å². The first-order valence-electron chi connectivity index (χ1n) is 4.62. The van der Waals surface area contributed by atoms with Crippen molar-refractivity contribution in [2.75, 3.05) is 5.73 Å². The molecule has 1 heterocycles. The molecule has 0 amide bonds. The Morgan fingerprint density at radius 1 is 1.43 bits per heavy atom. The molecule has 0 unspecified atom stereocenters. The van der Waals surface area contributed by atoms with Gasteiger partial charge in [0, 0.05) is 26.0 Å². The summed E-state index contributed by atoms with van der Waals surface area (Å²) in [5, 5.41) is 2.12. The molecule has 3 heteroatoms. The largest absolute Gasteiger partial charge is 0.398 e. The van der Waals surface area contributed by atoms with Crippen molar-refractivity contribution in [3.8, 4) is 0 Å². The number of nitrogens with two attached hydrogens (primary N) is 1. The van der Waals surface area contributed by atoms with Crippen molar-refractivity contribution >= 4 is 43.0 Å². The topological polar surface area (TPSA) is 26.0 Å². The van der Waals surface area contributed by atoms with Gasteiger partial charge >= 0.3 is 0 Å². The zero-order chi connectivity index (χ0) is 10.1. The lowest BCUT2D eigenvalue weighted by molar-refractivity contribution is 1.15. The summed E-state index contributed by atoms with van der Waals surface area (Å²) in [6, 6.07) is 6.48. The molecule has 0 bridgehead atoms. The predicted octanol–water partition coefficient (Wildman–Crippen LogP) is 3.94. The Morgan fingerprint density at radius 3 is 2.86 bits per heavy atom. The molecule has 0 aliphatic rings. The maximum Gasteiger partial charge on any atom is 0.0434 e. The van der Waals surface area contributed by atoms with E-state index < -0.39 is 0 Å². The van der Waals surface area contributed by atoms with E-state index in [1.807, 2.05) is 0 Å². The smallest absolute Gasteiger partial charge is 0.0434 e. The molecule has 14 heavy (non-hydrogen) atoms. The molecule has 0 spiro atoms. The number of aryl methyl sites for hydroxylation is 1. The van der Waals surface area contributed by atoms with Gasteiger partial charge in [-0.3, -0.25) is 0 Å². The second-order valence-corrected chi connectivity index (χ2v) is 4.98. The van der Waals surface area contributed by atoms with Crippen LogP contribution in [0.5, 0.6) is 0 Å². The summed E-state index contributed by atoms with van der Waals surface area (Å²) in [5.41, 5.74) is 8.29. The molecule has 0 aliphatic carbocycles. The van der Waals surface area contributed by atoms with E-state index in [1.165, 1.54) is 20.5 Å². The zero-order valence-electron chi connectivity index (χ0n) is 8.01. The summed E-state index contributed by atoms with van der Waals surface area (Å²) in [6.07, 6.45) is 1.00. The standard InChI is InChI=1S/C11H12BrNS/c1-2-7-3-4-10-9(11(7)13)5-8(6-12)14-10/h3-5H,2,6,13H2,1H3. The minimum atomic E-state index is 0.910. The first-order valence-corrected chi connectivity index (χ1v) is 6.55. The maximum absolute atomic E-state index is 6.09. The van der Waals surface area contributed by atoms with E-state index in [0.717, 1.165) is 17.4 Å². The highest BCUT2D eigenvalue weighted by Gasteiger charge is 2.06. The average molecular weight is 270 g/mol. The zero-order valence-corrected chi connectivity index (χ0v) is 10.4. The molecule has 0 saturated carbocycles. The number of anilines is 1. The second-order valence-electron chi connectivity index (χ2n) is 3.25. The van der Waals surface area contributed by atoms with Crippen molar-refractivity contribution in [3.05, 3.63) is 28.6 Å². The van der Waals surface area contributed by atoms with Crippen LogP contribution in [0.1, 0.15) is 17.4 Å². The highest BCUT2D eigenvalue weighted by atomic mass is 79.9.